The van der Waals surface area contributed by atoms with Crippen LogP contribution >= 0.6 is 11.6 Å². The van der Waals surface area contributed by atoms with Crippen molar-refractivity contribution in [3.63, 3.8) is 0 Å². The molecule has 2 aliphatic rings. The van der Waals surface area contributed by atoms with Crippen LogP contribution in [0.4, 0.5) is 0 Å². The summed E-state index contributed by atoms with van der Waals surface area (Å²) >= 11 is 6.24. The Hall–Kier alpha value is -0.570. The molecule has 3 rings (SSSR count). The standard InChI is InChI=1S/C15H20ClNO/c1-9-3-4-10(7-13(9)16)15(17-2)12-8-11-5-6-14(12)18-11/h3-4,7,11-12,14-15,17H,5-6,8H2,1-2H3. The summed E-state index contributed by atoms with van der Waals surface area (Å²) in [5, 5.41) is 4.31. The Morgan fingerprint density at radius 2 is 2.22 bits per heavy atom. The van der Waals surface area contributed by atoms with E-state index in [-0.39, 0.29) is 0 Å². The fourth-order valence-corrected chi connectivity index (χ4v) is 3.65. The highest BCUT2D eigenvalue weighted by Gasteiger charge is 2.44. The van der Waals surface area contributed by atoms with Crippen molar-refractivity contribution < 1.29 is 4.74 Å². The van der Waals surface area contributed by atoms with Crippen LogP contribution in [0, 0.1) is 12.8 Å². The molecule has 3 heteroatoms. The number of benzene rings is 1. The molecule has 0 aromatic heterocycles. The first-order valence-electron chi connectivity index (χ1n) is 6.78. The summed E-state index contributed by atoms with van der Waals surface area (Å²) in [6.07, 6.45) is 4.57. The lowest BCUT2D eigenvalue weighted by Crippen LogP contribution is -2.31. The number of rotatable bonds is 3. The summed E-state index contributed by atoms with van der Waals surface area (Å²) in [7, 11) is 2.03. The van der Waals surface area contributed by atoms with Gasteiger partial charge in [-0.15, -0.1) is 0 Å². The lowest BCUT2D eigenvalue weighted by atomic mass is 9.81. The zero-order valence-electron chi connectivity index (χ0n) is 10.9. The molecule has 1 aromatic rings. The molecule has 2 bridgehead atoms. The van der Waals surface area contributed by atoms with Gasteiger partial charge in [0, 0.05) is 17.0 Å². The van der Waals surface area contributed by atoms with Crippen molar-refractivity contribution in [1.82, 2.24) is 5.32 Å². The quantitative estimate of drug-likeness (QED) is 0.904. The predicted octanol–water partition coefficient (Wildman–Crippen LogP) is 3.48. The Morgan fingerprint density at radius 1 is 1.39 bits per heavy atom. The van der Waals surface area contributed by atoms with Gasteiger partial charge in [-0.2, -0.15) is 0 Å². The van der Waals surface area contributed by atoms with Gasteiger partial charge >= 0.3 is 0 Å². The van der Waals surface area contributed by atoms with Crippen LogP contribution in [-0.2, 0) is 4.74 Å². The molecule has 4 atom stereocenters. The molecule has 18 heavy (non-hydrogen) atoms. The van der Waals surface area contributed by atoms with Crippen LogP contribution in [0.1, 0.15) is 36.4 Å². The summed E-state index contributed by atoms with van der Waals surface area (Å²) in [6.45, 7) is 2.04. The van der Waals surface area contributed by atoms with E-state index in [2.05, 4.69) is 23.5 Å². The van der Waals surface area contributed by atoms with Crippen molar-refractivity contribution >= 4 is 11.6 Å². The molecule has 0 aliphatic carbocycles. The van der Waals surface area contributed by atoms with Crippen molar-refractivity contribution in [3.05, 3.63) is 34.3 Å². The third-order valence-electron chi connectivity index (χ3n) is 4.45. The molecule has 0 radical (unpaired) electrons. The lowest BCUT2D eigenvalue weighted by molar-refractivity contribution is 0.0863. The minimum atomic E-state index is 0.360. The molecule has 2 heterocycles. The van der Waals surface area contributed by atoms with Gasteiger partial charge in [0.2, 0.25) is 0 Å². The Morgan fingerprint density at radius 3 is 2.78 bits per heavy atom. The van der Waals surface area contributed by atoms with E-state index < -0.39 is 0 Å². The third kappa shape index (κ3) is 2.07. The second-order valence-electron chi connectivity index (χ2n) is 5.55. The molecule has 1 N–H and O–H groups in total. The molecule has 98 valence electrons. The topological polar surface area (TPSA) is 21.3 Å². The van der Waals surface area contributed by atoms with Crippen molar-refractivity contribution in [3.8, 4) is 0 Å². The number of nitrogens with one attached hydrogen (secondary N) is 1. The zero-order valence-corrected chi connectivity index (χ0v) is 11.7. The highest BCUT2D eigenvalue weighted by molar-refractivity contribution is 6.31. The second-order valence-corrected chi connectivity index (χ2v) is 5.96. The van der Waals surface area contributed by atoms with Crippen LogP contribution in [-0.4, -0.2) is 19.3 Å². The van der Waals surface area contributed by atoms with Crippen LogP contribution in [0.2, 0.25) is 5.02 Å². The number of hydrogen-bond acceptors (Lipinski definition) is 2. The molecule has 2 fully saturated rings. The van der Waals surface area contributed by atoms with Gasteiger partial charge in [0.25, 0.3) is 0 Å². The number of aryl methyl sites for hydroxylation is 1. The van der Waals surface area contributed by atoms with E-state index >= 15 is 0 Å². The minimum Gasteiger partial charge on any atom is -0.375 e. The van der Waals surface area contributed by atoms with Crippen molar-refractivity contribution in [2.24, 2.45) is 5.92 Å². The molecule has 0 spiro atoms. The van der Waals surface area contributed by atoms with E-state index in [1.54, 1.807) is 0 Å². The molecule has 1 aromatic carbocycles. The van der Waals surface area contributed by atoms with Gasteiger partial charge in [0.1, 0.15) is 0 Å². The maximum Gasteiger partial charge on any atom is 0.0627 e. The van der Waals surface area contributed by atoms with Crippen molar-refractivity contribution in [2.45, 2.75) is 44.4 Å². The molecular weight excluding hydrogens is 246 g/mol. The van der Waals surface area contributed by atoms with Crippen LogP contribution in [0.5, 0.6) is 0 Å². The average molecular weight is 266 g/mol. The molecule has 2 nitrogen and oxygen atoms in total. The van der Waals surface area contributed by atoms with Gasteiger partial charge in [-0.05, 0) is 50.4 Å². The molecule has 2 aliphatic heterocycles. The number of fused-ring (bicyclic) bond motifs is 2. The first kappa shape index (κ1) is 12.5. The smallest absolute Gasteiger partial charge is 0.0627 e. The van der Waals surface area contributed by atoms with Gasteiger partial charge in [0.05, 0.1) is 12.2 Å². The Bertz CT molecular complexity index is 448. The zero-order chi connectivity index (χ0) is 12.7. The average Bonchev–Trinajstić information content (AvgIpc) is 2.97. The first-order chi connectivity index (χ1) is 8.69. The Balaban J connectivity index is 1.85. The highest BCUT2D eigenvalue weighted by Crippen LogP contribution is 2.44. The maximum absolute atomic E-state index is 6.24. The van der Waals surface area contributed by atoms with Crippen LogP contribution in [0.15, 0.2) is 18.2 Å². The molecule has 0 saturated carbocycles. The summed E-state index contributed by atoms with van der Waals surface area (Å²) in [6, 6.07) is 6.76. The second kappa shape index (κ2) is 4.84. The van der Waals surface area contributed by atoms with E-state index in [0.717, 1.165) is 10.6 Å². The summed E-state index contributed by atoms with van der Waals surface area (Å²) in [5.74, 6) is 0.590. The van der Waals surface area contributed by atoms with Gasteiger partial charge < -0.3 is 10.1 Å². The van der Waals surface area contributed by atoms with Gasteiger partial charge in [0.15, 0.2) is 0 Å². The predicted molar refractivity (Wildman–Crippen MR) is 74.0 cm³/mol. The van der Waals surface area contributed by atoms with E-state index in [4.69, 9.17) is 16.3 Å². The largest absolute Gasteiger partial charge is 0.375 e. The van der Waals surface area contributed by atoms with Crippen LogP contribution < -0.4 is 5.32 Å². The summed E-state index contributed by atoms with van der Waals surface area (Å²) in [5.41, 5.74) is 2.42. The summed E-state index contributed by atoms with van der Waals surface area (Å²) in [4.78, 5) is 0. The minimum absolute atomic E-state index is 0.360. The summed E-state index contributed by atoms with van der Waals surface area (Å²) < 4.78 is 5.97. The van der Waals surface area contributed by atoms with Gasteiger partial charge in [-0.3, -0.25) is 0 Å². The number of hydrogen-bond donors (Lipinski definition) is 1. The fourth-order valence-electron chi connectivity index (χ4n) is 3.46. The molecule has 4 unspecified atom stereocenters. The lowest BCUT2D eigenvalue weighted by Gasteiger charge is -2.28. The monoisotopic (exact) mass is 265 g/mol. The van der Waals surface area contributed by atoms with Gasteiger partial charge in [-0.1, -0.05) is 23.7 Å². The number of ether oxygens (including phenoxy) is 1. The van der Waals surface area contributed by atoms with E-state index in [1.165, 1.54) is 24.8 Å². The highest BCUT2D eigenvalue weighted by atomic mass is 35.5. The normalized spacial score (nSPS) is 31.8. The van der Waals surface area contributed by atoms with Crippen LogP contribution in [0.25, 0.3) is 0 Å². The van der Waals surface area contributed by atoms with Crippen LogP contribution in [0.3, 0.4) is 0 Å². The SMILES string of the molecule is CNC(c1ccc(C)c(Cl)c1)C1CC2CCC1O2. The molecule has 2 saturated heterocycles. The van der Waals surface area contributed by atoms with E-state index in [1.807, 2.05) is 14.0 Å². The van der Waals surface area contributed by atoms with E-state index in [9.17, 15) is 0 Å². The molecular formula is C15H20ClNO. The third-order valence-corrected chi connectivity index (χ3v) is 4.85. The first-order valence-corrected chi connectivity index (χ1v) is 7.15. The Kier molecular flexibility index (Phi) is 3.35. The Labute approximate surface area is 114 Å². The molecule has 0 amide bonds. The van der Waals surface area contributed by atoms with Crippen molar-refractivity contribution in [2.75, 3.05) is 7.05 Å². The number of halogens is 1. The maximum atomic E-state index is 6.24. The van der Waals surface area contributed by atoms with Gasteiger partial charge in [-0.25, -0.2) is 0 Å². The fraction of sp³-hybridized carbons (Fsp3) is 0.600. The van der Waals surface area contributed by atoms with Crippen molar-refractivity contribution in [1.29, 1.82) is 0 Å². The van der Waals surface area contributed by atoms with E-state index in [0.29, 0.717) is 24.2 Å².